The number of nitrogens with zero attached hydrogens (tertiary/aromatic N) is 1. The molecule has 0 spiro atoms. The quantitative estimate of drug-likeness (QED) is 0.917. The number of benzene rings is 1. The zero-order chi connectivity index (χ0) is 14.3. The highest BCUT2D eigenvalue weighted by molar-refractivity contribution is 9.10. The van der Waals surface area contributed by atoms with Crippen molar-refractivity contribution in [2.45, 2.75) is 26.2 Å². The lowest BCUT2D eigenvalue weighted by atomic mass is 10.1. The zero-order valence-electron chi connectivity index (χ0n) is 11.4. The lowest BCUT2D eigenvalue weighted by Gasteiger charge is -2.10. The van der Waals surface area contributed by atoms with Crippen LogP contribution in [0.25, 0.3) is 11.4 Å². The lowest BCUT2D eigenvalue weighted by molar-refractivity contribution is 0.357. The van der Waals surface area contributed by atoms with Crippen molar-refractivity contribution in [2.75, 3.05) is 6.61 Å². The van der Waals surface area contributed by atoms with Gasteiger partial charge < -0.3 is 9.72 Å². The van der Waals surface area contributed by atoms with Crippen molar-refractivity contribution < 1.29 is 4.74 Å². The van der Waals surface area contributed by atoms with Crippen molar-refractivity contribution in [3.8, 4) is 17.1 Å². The van der Waals surface area contributed by atoms with Gasteiger partial charge in [0.05, 0.1) is 12.3 Å². The van der Waals surface area contributed by atoms with Gasteiger partial charge in [-0.1, -0.05) is 13.8 Å². The molecule has 1 aliphatic heterocycles. The van der Waals surface area contributed by atoms with E-state index in [1.54, 1.807) is 0 Å². The van der Waals surface area contributed by atoms with Crippen LogP contribution in [0, 0.1) is 0 Å². The molecule has 1 aliphatic rings. The molecule has 1 N–H and O–H groups in total. The molecule has 3 rings (SSSR count). The Bertz CT molecular complexity index is 722. The number of ether oxygens (including phenoxy) is 1. The smallest absolute Gasteiger partial charge is 0.265 e. The standard InChI is InChI=1S/C15H15BrN2O2/c1-8(2)13-12(16)15(19)18-14(17-13)10-3-4-11-9(7-10)5-6-20-11/h3-4,7-8H,5-6H2,1-2H3,(H,17,18,19). The molecule has 2 aromatic rings. The van der Waals surface area contributed by atoms with E-state index in [4.69, 9.17) is 4.74 Å². The molecular formula is C15H15BrN2O2. The maximum absolute atomic E-state index is 12.0. The third-order valence-corrected chi connectivity index (χ3v) is 4.16. The fraction of sp³-hybridized carbons (Fsp3) is 0.333. The van der Waals surface area contributed by atoms with Crippen molar-refractivity contribution in [2.24, 2.45) is 0 Å². The Morgan fingerprint density at radius 3 is 2.95 bits per heavy atom. The molecule has 0 saturated heterocycles. The van der Waals surface area contributed by atoms with Crippen LogP contribution in [0.3, 0.4) is 0 Å². The summed E-state index contributed by atoms with van der Waals surface area (Å²) in [5.41, 5.74) is 2.72. The van der Waals surface area contributed by atoms with Crippen LogP contribution < -0.4 is 10.3 Å². The Morgan fingerprint density at radius 1 is 1.40 bits per heavy atom. The van der Waals surface area contributed by atoms with Gasteiger partial charge in [-0.25, -0.2) is 4.98 Å². The van der Waals surface area contributed by atoms with E-state index in [9.17, 15) is 4.79 Å². The van der Waals surface area contributed by atoms with Crippen LogP contribution in [-0.2, 0) is 6.42 Å². The Kier molecular flexibility index (Phi) is 3.38. The molecule has 0 radical (unpaired) electrons. The summed E-state index contributed by atoms with van der Waals surface area (Å²) in [6.45, 7) is 4.76. The minimum atomic E-state index is -0.143. The Balaban J connectivity index is 2.13. The second kappa shape index (κ2) is 5.05. The molecule has 0 unspecified atom stereocenters. The van der Waals surface area contributed by atoms with Gasteiger partial charge in [0.2, 0.25) is 0 Å². The van der Waals surface area contributed by atoms with E-state index in [2.05, 4.69) is 25.9 Å². The molecule has 0 fully saturated rings. The average Bonchev–Trinajstić information content (AvgIpc) is 2.88. The number of hydrogen-bond donors (Lipinski definition) is 1. The molecule has 104 valence electrons. The van der Waals surface area contributed by atoms with Crippen LogP contribution in [0.2, 0.25) is 0 Å². The first kappa shape index (κ1) is 13.4. The van der Waals surface area contributed by atoms with Gasteiger partial charge in [0.1, 0.15) is 16.0 Å². The summed E-state index contributed by atoms with van der Waals surface area (Å²) in [5, 5.41) is 0. The predicted octanol–water partition coefficient (Wildman–Crippen LogP) is 3.26. The van der Waals surface area contributed by atoms with Gasteiger partial charge in [-0.2, -0.15) is 0 Å². The van der Waals surface area contributed by atoms with E-state index in [0.717, 1.165) is 30.0 Å². The van der Waals surface area contributed by atoms with Gasteiger partial charge >= 0.3 is 0 Å². The normalized spacial score (nSPS) is 13.4. The third-order valence-electron chi connectivity index (χ3n) is 3.40. The molecule has 0 bridgehead atoms. The molecule has 2 heterocycles. The fourth-order valence-corrected chi connectivity index (χ4v) is 2.97. The Hall–Kier alpha value is -1.62. The van der Waals surface area contributed by atoms with Crippen LogP contribution in [0.1, 0.15) is 31.0 Å². The molecule has 0 amide bonds. The number of halogens is 1. The van der Waals surface area contributed by atoms with Crippen molar-refractivity contribution in [1.82, 2.24) is 9.97 Å². The molecule has 20 heavy (non-hydrogen) atoms. The van der Waals surface area contributed by atoms with Crippen LogP contribution >= 0.6 is 15.9 Å². The SMILES string of the molecule is CC(C)c1nc(-c2ccc3c(c2)CCO3)[nH]c(=O)c1Br. The second-order valence-electron chi connectivity index (χ2n) is 5.19. The minimum absolute atomic E-state index is 0.143. The number of aromatic nitrogens is 2. The predicted molar refractivity (Wildman–Crippen MR) is 81.3 cm³/mol. The van der Waals surface area contributed by atoms with Gasteiger partial charge in [-0.05, 0) is 45.6 Å². The van der Waals surface area contributed by atoms with Crippen molar-refractivity contribution >= 4 is 15.9 Å². The summed E-state index contributed by atoms with van der Waals surface area (Å²) in [5.74, 6) is 1.72. The highest BCUT2D eigenvalue weighted by Crippen LogP contribution is 2.30. The van der Waals surface area contributed by atoms with Gasteiger partial charge in [-0.15, -0.1) is 0 Å². The summed E-state index contributed by atoms with van der Waals surface area (Å²) in [6, 6.07) is 5.91. The zero-order valence-corrected chi connectivity index (χ0v) is 13.0. The lowest BCUT2D eigenvalue weighted by Crippen LogP contribution is -2.14. The summed E-state index contributed by atoms with van der Waals surface area (Å²) >= 11 is 3.31. The third kappa shape index (κ3) is 2.26. The highest BCUT2D eigenvalue weighted by Gasteiger charge is 2.16. The van der Waals surface area contributed by atoms with E-state index >= 15 is 0 Å². The van der Waals surface area contributed by atoms with E-state index in [1.807, 2.05) is 32.0 Å². The van der Waals surface area contributed by atoms with E-state index < -0.39 is 0 Å². The summed E-state index contributed by atoms with van der Waals surface area (Å²) in [6.07, 6.45) is 0.904. The van der Waals surface area contributed by atoms with E-state index in [-0.39, 0.29) is 11.5 Å². The molecule has 1 aromatic heterocycles. The summed E-state index contributed by atoms with van der Waals surface area (Å²) < 4.78 is 6.01. The number of fused-ring (bicyclic) bond motifs is 1. The summed E-state index contributed by atoms with van der Waals surface area (Å²) in [4.78, 5) is 19.4. The Labute approximate surface area is 125 Å². The monoisotopic (exact) mass is 334 g/mol. The molecule has 0 aliphatic carbocycles. The number of H-pyrrole nitrogens is 1. The first-order valence-electron chi connectivity index (χ1n) is 6.62. The summed E-state index contributed by atoms with van der Waals surface area (Å²) in [7, 11) is 0. The Morgan fingerprint density at radius 2 is 2.20 bits per heavy atom. The maximum Gasteiger partial charge on any atom is 0.265 e. The topological polar surface area (TPSA) is 55.0 Å². The van der Waals surface area contributed by atoms with Crippen LogP contribution in [-0.4, -0.2) is 16.6 Å². The van der Waals surface area contributed by atoms with Crippen molar-refractivity contribution in [3.05, 3.63) is 44.3 Å². The number of hydrogen-bond acceptors (Lipinski definition) is 3. The minimum Gasteiger partial charge on any atom is -0.493 e. The van der Waals surface area contributed by atoms with Gasteiger partial charge in [0, 0.05) is 12.0 Å². The fourth-order valence-electron chi connectivity index (χ4n) is 2.33. The van der Waals surface area contributed by atoms with Crippen LogP contribution in [0.5, 0.6) is 5.75 Å². The first-order valence-corrected chi connectivity index (χ1v) is 7.41. The maximum atomic E-state index is 12.0. The number of nitrogens with one attached hydrogen (secondary N) is 1. The van der Waals surface area contributed by atoms with Crippen LogP contribution in [0.4, 0.5) is 0 Å². The molecule has 1 aromatic carbocycles. The number of aromatic amines is 1. The molecule has 0 saturated carbocycles. The second-order valence-corrected chi connectivity index (χ2v) is 5.98. The van der Waals surface area contributed by atoms with Crippen molar-refractivity contribution in [1.29, 1.82) is 0 Å². The number of rotatable bonds is 2. The van der Waals surface area contributed by atoms with Gasteiger partial charge in [-0.3, -0.25) is 4.79 Å². The average molecular weight is 335 g/mol. The van der Waals surface area contributed by atoms with E-state index in [0.29, 0.717) is 10.3 Å². The molecule has 5 heteroatoms. The van der Waals surface area contributed by atoms with Crippen molar-refractivity contribution in [3.63, 3.8) is 0 Å². The molecule has 0 atom stereocenters. The molecular weight excluding hydrogens is 320 g/mol. The van der Waals surface area contributed by atoms with Gasteiger partial charge in [0.15, 0.2) is 0 Å². The van der Waals surface area contributed by atoms with Crippen LogP contribution in [0.15, 0.2) is 27.5 Å². The van der Waals surface area contributed by atoms with E-state index in [1.165, 1.54) is 5.56 Å². The highest BCUT2D eigenvalue weighted by atomic mass is 79.9. The first-order chi connectivity index (χ1) is 9.56. The largest absolute Gasteiger partial charge is 0.493 e. The molecule has 4 nitrogen and oxygen atoms in total. The van der Waals surface area contributed by atoms with Gasteiger partial charge in [0.25, 0.3) is 5.56 Å².